The fourth-order valence-corrected chi connectivity index (χ4v) is 5.93. The Kier molecular flexibility index (Phi) is 6.74. The third-order valence-electron chi connectivity index (χ3n) is 5.46. The molecule has 1 atom stereocenters. The van der Waals surface area contributed by atoms with Crippen LogP contribution < -0.4 is 9.62 Å². The first-order valence-electron chi connectivity index (χ1n) is 10.3. The zero-order valence-corrected chi connectivity index (χ0v) is 19.5. The minimum absolute atomic E-state index is 0.0758. The van der Waals surface area contributed by atoms with Gasteiger partial charge in [0.1, 0.15) is 6.54 Å². The van der Waals surface area contributed by atoms with E-state index in [1.54, 1.807) is 18.2 Å². The highest BCUT2D eigenvalue weighted by Crippen LogP contribution is 2.31. The van der Waals surface area contributed by atoms with E-state index >= 15 is 0 Å². The first-order valence-corrected chi connectivity index (χ1v) is 12.5. The second-order valence-corrected chi connectivity index (χ2v) is 10.4. The Morgan fingerprint density at radius 2 is 1.62 bits per heavy atom. The van der Waals surface area contributed by atoms with Gasteiger partial charge < -0.3 is 5.32 Å². The zero-order valence-electron chi connectivity index (χ0n) is 17.2. The SMILES string of the molecule is O=C(CN(c1cc(Cl)cc(Cl)c1)S(=O)(=O)c1ccccc1)N[C@H]1CCCc2ccccc21. The van der Waals surface area contributed by atoms with Crippen LogP contribution in [0.25, 0.3) is 0 Å². The molecule has 166 valence electrons. The molecule has 1 N–H and O–H groups in total. The number of carbonyl (C=O) groups is 1. The maximum absolute atomic E-state index is 13.4. The first kappa shape index (κ1) is 22.6. The van der Waals surface area contributed by atoms with Gasteiger partial charge in [-0.2, -0.15) is 0 Å². The van der Waals surface area contributed by atoms with Crippen molar-refractivity contribution in [2.45, 2.75) is 30.2 Å². The van der Waals surface area contributed by atoms with Crippen LogP contribution in [0.5, 0.6) is 0 Å². The molecule has 5 nitrogen and oxygen atoms in total. The summed E-state index contributed by atoms with van der Waals surface area (Å²) in [7, 11) is -4.03. The van der Waals surface area contributed by atoms with E-state index in [0.717, 1.165) is 29.1 Å². The van der Waals surface area contributed by atoms with Crippen LogP contribution in [0, 0.1) is 0 Å². The molecule has 0 radical (unpaired) electrons. The van der Waals surface area contributed by atoms with Crippen LogP contribution in [0.4, 0.5) is 5.69 Å². The van der Waals surface area contributed by atoms with Crippen LogP contribution in [-0.4, -0.2) is 20.9 Å². The average molecular weight is 489 g/mol. The normalized spacial score (nSPS) is 15.6. The van der Waals surface area contributed by atoms with Crippen LogP contribution in [0.15, 0.2) is 77.7 Å². The molecule has 0 fully saturated rings. The Balaban J connectivity index is 1.65. The molecule has 0 saturated heterocycles. The number of hydrogen-bond donors (Lipinski definition) is 1. The fraction of sp³-hybridized carbons (Fsp3) is 0.208. The number of fused-ring (bicyclic) bond motifs is 1. The number of sulfonamides is 1. The lowest BCUT2D eigenvalue weighted by atomic mass is 9.88. The van der Waals surface area contributed by atoms with Gasteiger partial charge in [-0.1, -0.05) is 65.7 Å². The third-order valence-corrected chi connectivity index (χ3v) is 7.68. The van der Waals surface area contributed by atoms with Crippen LogP contribution in [0.3, 0.4) is 0 Å². The maximum Gasteiger partial charge on any atom is 0.264 e. The third kappa shape index (κ3) is 4.93. The largest absolute Gasteiger partial charge is 0.348 e. The molecule has 0 unspecified atom stereocenters. The number of nitrogens with zero attached hydrogens (tertiary/aromatic N) is 1. The number of halogens is 2. The van der Waals surface area contributed by atoms with Crippen molar-refractivity contribution < 1.29 is 13.2 Å². The topological polar surface area (TPSA) is 66.5 Å². The first-order chi connectivity index (χ1) is 15.3. The molecular formula is C24H22Cl2N2O3S. The summed E-state index contributed by atoms with van der Waals surface area (Å²) in [5, 5.41) is 3.58. The maximum atomic E-state index is 13.4. The molecule has 0 saturated carbocycles. The molecule has 3 aromatic rings. The van der Waals surface area contributed by atoms with Gasteiger partial charge in [0.25, 0.3) is 10.0 Å². The predicted molar refractivity (Wildman–Crippen MR) is 128 cm³/mol. The Morgan fingerprint density at radius 3 is 2.34 bits per heavy atom. The van der Waals surface area contributed by atoms with Crippen molar-refractivity contribution in [3.63, 3.8) is 0 Å². The number of rotatable bonds is 6. The van der Waals surface area contributed by atoms with Gasteiger partial charge in [-0.25, -0.2) is 8.42 Å². The van der Waals surface area contributed by atoms with Crippen LogP contribution in [0.1, 0.15) is 30.0 Å². The summed E-state index contributed by atoms with van der Waals surface area (Å²) in [4.78, 5) is 13.1. The van der Waals surface area contributed by atoms with Crippen LogP contribution >= 0.6 is 23.2 Å². The van der Waals surface area contributed by atoms with Gasteiger partial charge in [0.15, 0.2) is 0 Å². The van der Waals surface area contributed by atoms with Crippen molar-refractivity contribution in [2.24, 2.45) is 0 Å². The number of aryl methyl sites for hydroxylation is 1. The molecule has 0 spiro atoms. The van der Waals surface area contributed by atoms with Gasteiger partial charge in [-0.15, -0.1) is 0 Å². The van der Waals surface area contributed by atoms with E-state index in [1.165, 1.54) is 35.9 Å². The number of nitrogens with one attached hydrogen (secondary N) is 1. The lowest BCUT2D eigenvalue weighted by molar-refractivity contribution is -0.120. The molecule has 0 bridgehead atoms. The van der Waals surface area contributed by atoms with Gasteiger partial charge in [-0.05, 0) is 60.7 Å². The molecule has 0 heterocycles. The van der Waals surface area contributed by atoms with Crippen molar-refractivity contribution >= 4 is 44.8 Å². The Hall–Kier alpha value is -2.54. The lowest BCUT2D eigenvalue weighted by Gasteiger charge is -2.29. The second-order valence-electron chi connectivity index (χ2n) is 7.66. The Morgan fingerprint density at radius 1 is 0.969 bits per heavy atom. The molecule has 3 aromatic carbocycles. The van der Waals surface area contributed by atoms with Gasteiger partial charge in [0.05, 0.1) is 16.6 Å². The van der Waals surface area contributed by atoms with Gasteiger partial charge in [0, 0.05) is 10.0 Å². The van der Waals surface area contributed by atoms with E-state index < -0.39 is 22.5 Å². The van der Waals surface area contributed by atoms with Crippen molar-refractivity contribution in [3.05, 3.63) is 94.0 Å². The number of anilines is 1. The molecular weight excluding hydrogens is 467 g/mol. The van der Waals surface area contributed by atoms with Gasteiger partial charge in [-0.3, -0.25) is 9.10 Å². The minimum Gasteiger partial charge on any atom is -0.348 e. The number of benzene rings is 3. The van der Waals surface area contributed by atoms with Crippen LogP contribution in [-0.2, 0) is 21.2 Å². The van der Waals surface area contributed by atoms with E-state index in [1.807, 2.05) is 18.2 Å². The smallest absolute Gasteiger partial charge is 0.264 e. The summed E-state index contributed by atoms with van der Waals surface area (Å²) in [6, 6.07) is 20.3. The lowest BCUT2D eigenvalue weighted by Crippen LogP contribution is -2.42. The molecule has 0 aromatic heterocycles. The van der Waals surface area contributed by atoms with Gasteiger partial charge in [0.2, 0.25) is 5.91 Å². The summed E-state index contributed by atoms with van der Waals surface area (Å²) in [5.41, 5.74) is 2.51. The summed E-state index contributed by atoms with van der Waals surface area (Å²) < 4.78 is 27.9. The summed E-state index contributed by atoms with van der Waals surface area (Å²) >= 11 is 12.3. The van der Waals surface area contributed by atoms with E-state index in [0.29, 0.717) is 0 Å². The molecule has 1 amide bonds. The summed E-state index contributed by atoms with van der Waals surface area (Å²) in [6.45, 7) is -0.396. The Bertz CT molecular complexity index is 1210. The van der Waals surface area contributed by atoms with Crippen LogP contribution in [0.2, 0.25) is 10.0 Å². The van der Waals surface area contributed by atoms with E-state index in [-0.39, 0.29) is 26.7 Å². The summed E-state index contributed by atoms with van der Waals surface area (Å²) in [6.07, 6.45) is 2.73. The van der Waals surface area contributed by atoms with E-state index in [4.69, 9.17) is 23.2 Å². The van der Waals surface area contributed by atoms with Crippen molar-refractivity contribution in [1.82, 2.24) is 5.32 Å². The predicted octanol–water partition coefficient (Wildman–Crippen LogP) is 5.38. The van der Waals surface area contributed by atoms with Crippen molar-refractivity contribution in [2.75, 3.05) is 10.8 Å². The quantitative estimate of drug-likeness (QED) is 0.506. The zero-order chi connectivity index (χ0) is 22.7. The minimum atomic E-state index is -4.03. The highest BCUT2D eigenvalue weighted by Gasteiger charge is 2.29. The molecule has 0 aliphatic heterocycles. The highest BCUT2D eigenvalue weighted by atomic mass is 35.5. The molecule has 1 aliphatic rings. The van der Waals surface area contributed by atoms with E-state index in [9.17, 15) is 13.2 Å². The monoisotopic (exact) mass is 488 g/mol. The standard InChI is InChI=1S/C24H22Cl2N2O3S/c25-18-13-19(26)15-20(14-18)28(32(30,31)21-9-2-1-3-10-21)16-24(29)27-23-12-6-8-17-7-4-5-11-22(17)23/h1-5,7,9-11,13-15,23H,6,8,12,16H2,(H,27,29)/t23-/m0/s1. The number of amides is 1. The average Bonchev–Trinajstić information content (AvgIpc) is 2.77. The molecule has 1 aliphatic carbocycles. The fourth-order valence-electron chi connectivity index (χ4n) is 3.99. The van der Waals surface area contributed by atoms with E-state index in [2.05, 4.69) is 11.4 Å². The van der Waals surface area contributed by atoms with Gasteiger partial charge >= 0.3 is 0 Å². The molecule has 8 heteroatoms. The number of carbonyl (C=O) groups excluding carboxylic acids is 1. The highest BCUT2D eigenvalue weighted by molar-refractivity contribution is 7.92. The molecule has 32 heavy (non-hydrogen) atoms. The molecule has 4 rings (SSSR count). The Labute approximate surface area is 198 Å². The number of hydrogen-bond acceptors (Lipinski definition) is 3. The second kappa shape index (κ2) is 9.53. The van der Waals surface area contributed by atoms with Crippen molar-refractivity contribution in [3.8, 4) is 0 Å². The van der Waals surface area contributed by atoms with Crippen molar-refractivity contribution in [1.29, 1.82) is 0 Å². The summed E-state index contributed by atoms with van der Waals surface area (Å²) in [5.74, 6) is -0.401.